The van der Waals surface area contributed by atoms with Crippen molar-refractivity contribution in [2.45, 2.75) is 16.7 Å². The molecule has 1 aromatic heterocycles. The minimum absolute atomic E-state index is 0.00525. The Bertz CT molecular complexity index is 860. The number of aromatic nitrogens is 2. The largest absolute Gasteiger partial charge is 0.357 e. The van der Waals surface area contributed by atoms with Crippen LogP contribution in [0.4, 0.5) is 5.13 Å². The van der Waals surface area contributed by atoms with E-state index in [1.165, 1.54) is 34.2 Å². The van der Waals surface area contributed by atoms with Gasteiger partial charge in [0.05, 0.1) is 5.75 Å². The molecule has 0 saturated carbocycles. The topological polar surface area (TPSA) is 66.9 Å². The van der Waals surface area contributed by atoms with Crippen molar-refractivity contribution in [2.24, 2.45) is 0 Å². The highest BCUT2D eigenvalue weighted by atomic mass is 32.2. The summed E-state index contributed by atoms with van der Waals surface area (Å²) in [7, 11) is 0. The van der Waals surface area contributed by atoms with E-state index in [0.29, 0.717) is 18.8 Å². The lowest BCUT2D eigenvalue weighted by atomic mass is 9.88. The van der Waals surface area contributed by atoms with Crippen LogP contribution in [0.1, 0.15) is 23.5 Å². The Labute approximate surface area is 179 Å². The fourth-order valence-electron chi connectivity index (χ4n) is 2.93. The number of amides is 1. The normalized spacial score (nSPS) is 10.7. The van der Waals surface area contributed by atoms with Gasteiger partial charge in [0.2, 0.25) is 11.0 Å². The SMILES string of the molecule is C=CCNc1nnc(SCC(=O)NCCC(c2ccccc2)c2ccccc2)s1. The monoisotopic (exact) mass is 424 g/mol. The lowest BCUT2D eigenvalue weighted by molar-refractivity contribution is -0.118. The van der Waals surface area contributed by atoms with E-state index in [2.05, 4.69) is 75.9 Å². The Morgan fingerprint density at radius 2 is 1.72 bits per heavy atom. The van der Waals surface area contributed by atoms with Gasteiger partial charge in [0.15, 0.2) is 4.34 Å². The standard InChI is InChI=1S/C22H24N4OS2/c1-2-14-24-21-25-26-22(29-21)28-16-20(27)23-15-13-19(17-9-5-3-6-10-17)18-11-7-4-8-12-18/h2-12,19H,1,13-16H2,(H,23,27)(H,24,25). The van der Waals surface area contributed by atoms with E-state index >= 15 is 0 Å². The summed E-state index contributed by atoms with van der Waals surface area (Å²) in [5.74, 6) is 0.593. The third-order valence-electron chi connectivity index (χ3n) is 4.29. The lowest BCUT2D eigenvalue weighted by Crippen LogP contribution is -2.27. The van der Waals surface area contributed by atoms with Gasteiger partial charge < -0.3 is 10.6 Å². The predicted octanol–water partition coefficient (Wildman–Crippen LogP) is 4.57. The number of carbonyl (C=O) groups excluding carboxylic acids is 1. The summed E-state index contributed by atoms with van der Waals surface area (Å²) >= 11 is 2.84. The summed E-state index contributed by atoms with van der Waals surface area (Å²) < 4.78 is 0.776. The minimum atomic E-state index is 0.00525. The highest BCUT2D eigenvalue weighted by Crippen LogP contribution is 2.28. The van der Waals surface area contributed by atoms with E-state index in [4.69, 9.17) is 0 Å². The molecule has 2 aromatic carbocycles. The molecule has 150 valence electrons. The number of anilines is 1. The number of benzene rings is 2. The molecule has 29 heavy (non-hydrogen) atoms. The maximum Gasteiger partial charge on any atom is 0.230 e. The van der Waals surface area contributed by atoms with Gasteiger partial charge in [-0.15, -0.1) is 16.8 Å². The number of nitrogens with zero attached hydrogens (tertiary/aromatic N) is 2. The number of rotatable bonds is 11. The van der Waals surface area contributed by atoms with E-state index < -0.39 is 0 Å². The van der Waals surface area contributed by atoms with Crippen LogP contribution in [0.25, 0.3) is 0 Å². The third-order valence-corrected chi connectivity index (χ3v) is 6.30. The van der Waals surface area contributed by atoms with E-state index in [0.717, 1.165) is 15.9 Å². The van der Waals surface area contributed by atoms with Crippen LogP contribution in [0.2, 0.25) is 0 Å². The molecule has 3 aromatic rings. The smallest absolute Gasteiger partial charge is 0.230 e. The molecule has 0 aliphatic carbocycles. The fourth-order valence-corrected chi connectivity index (χ4v) is 4.52. The predicted molar refractivity (Wildman–Crippen MR) is 122 cm³/mol. The molecule has 1 amide bonds. The summed E-state index contributed by atoms with van der Waals surface area (Å²) in [6, 6.07) is 20.8. The van der Waals surface area contributed by atoms with Crippen LogP contribution in [-0.4, -0.2) is 34.9 Å². The molecule has 0 saturated heterocycles. The molecule has 0 unspecified atom stereocenters. The van der Waals surface area contributed by atoms with Crippen LogP contribution in [-0.2, 0) is 4.79 Å². The van der Waals surface area contributed by atoms with Crippen molar-refractivity contribution < 1.29 is 4.79 Å². The van der Waals surface area contributed by atoms with E-state index in [-0.39, 0.29) is 11.8 Å². The van der Waals surface area contributed by atoms with Crippen molar-refractivity contribution in [3.05, 3.63) is 84.4 Å². The van der Waals surface area contributed by atoms with Crippen LogP contribution in [0.3, 0.4) is 0 Å². The van der Waals surface area contributed by atoms with Crippen molar-refractivity contribution in [3.8, 4) is 0 Å². The Kier molecular flexibility index (Phi) is 8.27. The molecule has 5 nitrogen and oxygen atoms in total. The van der Waals surface area contributed by atoms with Crippen LogP contribution < -0.4 is 10.6 Å². The van der Waals surface area contributed by atoms with Crippen molar-refractivity contribution in [1.29, 1.82) is 0 Å². The van der Waals surface area contributed by atoms with Gasteiger partial charge in [0, 0.05) is 19.0 Å². The Morgan fingerprint density at radius 1 is 1.07 bits per heavy atom. The van der Waals surface area contributed by atoms with Crippen molar-refractivity contribution in [3.63, 3.8) is 0 Å². The zero-order valence-corrected chi connectivity index (χ0v) is 17.7. The van der Waals surface area contributed by atoms with E-state index in [1.54, 1.807) is 6.08 Å². The summed E-state index contributed by atoms with van der Waals surface area (Å²) in [5, 5.41) is 15.0. The van der Waals surface area contributed by atoms with Crippen molar-refractivity contribution >= 4 is 34.1 Å². The van der Waals surface area contributed by atoms with E-state index in [9.17, 15) is 4.79 Å². The molecule has 0 spiro atoms. The van der Waals surface area contributed by atoms with Gasteiger partial charge >= 0.3 is 0 Å². The molecule has 3 rings (SSSR count). The van der Waals surface area contributed by atoms with Gasteiger partial charge in [-0.25, -0.2) is 0 Å². The first-order valence-corrected chi connectivity index (χ1v) is 11.2. The summed E-state index contributed by atoms with van der Waals surface area (Å²) in [6.07, 6.45) is 2.61. The molecule has 0 fully saturated rings. The van der Waals surface area contributed by atoms with Gasteiger partial charge in [0.1, 0.15) is 0 Å². The Morgan fingerprint density at radius 3 is 2.34 bits per heavy atom. The number of carbonyl (C=O) groups is 1. The highest BCUT2D eigenvalue weighted by molar-refractivity contribution is 8.01. The van der Waals surface area contributed by atoms with Crippen LogP contribution in [0.5, 0.6) is 0 Å². The number of nitrogens with one attached hydrogen (secondary N) is 2. The molecule has 2 N–H and O–H groups in total. The first-order valence-electron chi connectivity index (χ1n) is 9.44. The highest BCUT2D eigenvalue weighted by Gasteiger charge is 2.14. The molecular formula is C22H24N4OS2. The molecule has 0 atom stereocenters. The van der Waals surface area contributed by atoms with Crippen LogP contribution in [0.15, 0.2) is 77.7 Å². The second kappa shape index (κ2) is 11.4. The zero-order valence-electron chi connectivity index (χ0n) is 16.1. The maximum atomic E-state index is 12.2. The zero-order chi connectivity index (χ0) is 20.3. The van der Waals surface area contributed by atoms with Crippen molar-refractivity contribution in [1.82, 2.24) is 15.5 Å². The average molecular weight is 425 g/mol. The molecule has 1 heterocycles. The Balaban J connectivity index is 1.48. The molecule has 0 bridgehead atoms. The molecular weight excluding hydrogens is 400 g/mol. The number of hydrogen-bond acceptors (Lipinski definition) is 6. The number of hydrogen-bond donors (Lipinski definition) is 2. The fraction of sp³-hybridized carbons (Fsp3) is 0.227. The van der Waals surface area contributed by atoms with Crippen LogP contribution in [0, 0.1) is 0 Å². The molecule has 0 aliphatic rings. The van der Waals surface area contributed by atoms with Crippen molar-refractivity contribution in [2.75, 3.05) is 24.2 Å². The van der Waals surface area contributed by atoms with Gasteiger partial charge in [-0.1, -0.05) is 89.8 Å². The lowest BCUT2D eigenvalue weighted by Gasteiger charge is -2.18. The number of thioether (sulfide) groups is 1. The Hall–Kier alpha value is -2.64. The van der Waals surface area contributed by atoms with Gasteiger partial charge in [-0.05, 0) is 17.5 Å². The summed E-state index contributed by atoms with van der Waals surface area (Å²) in [5.41, 5.74) is 2.52. The summed E-state index contributed by atoms with van der Waals surface area (Å²) in [6.45, 7) is 4.92. The molecule has 0 radical (unpaired) electrons. The summed E-state index contributed by atoms with van der Waals surface area (Å²) in [4.78, 5) is 12.2. The molecule has 0 aliphatic heterocycles. The van der Waals surface area contributed by atoms with Gasteiger partial charge in [-0.2, -0.15) is 0 Å². The van der Waals surface area contributed by atoms with Crippen LogP contribution >= 0.6 is 23.1 Å². The average Bonchev–Trinajstić information content (AvgIpc) is 3.23. The second-order valence-electron chi connectivity index (χ2n) is 6.34. The van der Waals surface area contributed by atoms with Gasteiger partial charge in [-0.3, -0.25) is 4.79 Å². The third kappa shape index (κ3) is 6.73. The quantitative estimate of drug-likeness (QED) is 0.349. The molecule has 7 heteroatoms. The second-order valence-corrected chi connectivity index (χ2v) is 8.54. The maximum absolute atomic E-state index is 12.2. The first kappa shape index (κ1) is 21.1. The van der Waals surface area contributed by atoms with E-state index in [1.807, 2.05) is 12.1 Å². The first-order chi connectivity index (χ1) is 14.3. The minimum Gasteiger partial charge on any atom is -0.357 e. The van der Waals surface area contributed by atoms with Gasteiger partial charge in [0.25, 0.3) is 0 Å².